The Morgan fingerprint density at radius 2 is 2.23 bits per heavy atom. The van der Waals surface area contributed by atoms with Crippen LogP contribution in [-0.2, 0) is 6.42 Å². The lowest BCUT2D eigenvalue weighted by atomic mass is 10.2. The van der Waals surface area contributed by atoms with Gasteiger partial charge in [0, 0.05) is 37.8 Å². The second-order valence-corrected chi connectivity index (χ2v) is 3.97. The quantitative estimate of drug-likeness (QED) is 0.695. The first-order valence-corrected chi connectivity index (χ1v) is 4.66. The summed E-state index contributed by atoms with van der Waals surface area (Å²) < 4.78 is 0. The van der Waals surface area contributed by atoms with E-state index in [0.717, 1.165) is 18.1 Å². The van der Waals surface area contributed by atoms with Crippen LogP contribution in [0.4, 0.5) is 5.95 Å². The molecule has 1 atom stereocenters. The average molecular weight is 200 g/mol. The van der Waals surface area contributed by atoms with Gasteiger partial charge in [-0.05, 0) is 13.0 Å². The maximum absolute atomic E-state index is 5.87. The monoisotopic (exact) mass is 199 g/mol. The fraction of sp³-hybridized carbons (Fsp3) is 0.556. The Balaban J connectivity index is 2.79. The third-order valence-corrected chi connectivity index (χ3v) is 1.75. The van der Waals surface area contributed by atoms with E-state index in [2.05, 4.69) is 9.97 Å². The highest BCUT2D eigenvalue weighted by Crippen LogP contribution is 2.08. The van der Waals surface area contributed by atoms with Crippen molar-refractivity contribution in [1.82, 2.24) is 9.97 Å². The molecule has 1 aromatic heterocycles. The van der Waals surface area contributed by atoms with Gasteiger partial charge in [0.25, 0.3) is 0 Å². The fourth-order valence-corrected chi connectivity index (χ4v) is 1.16. The lowest BCUT2D eigenvalue weighted by molar-refractivity contribution is 0.866. The van der Waals surface area contributed by atoms with E-state index >= 15 is 0 Å². The Labute approximate surface area is 83.8 Å². The molecule has 1 unspecified atom stereocenters. The van der Waals surface area contributed by atoms with Crippen LogP contribution in [0.3, 0.4) is 0 Å². The molecule has 0 aliphatic rings. The highest BCUT2D eigenvalue weighted by Gasteiger charge is 2.03. The summed E-state index contributed by atoms with van der Waals surface area (Å²) in [5.41, 5.74) is 0.987. The van der Waals surface area contributed by atoms with Gasteiger partial charge in [0.2, 0.25) is 5.95 Å². The van der Waals surface area contributed by atoms with Crippen molar-refractivity contribution < 1.29 is 0 Å². The Morgan fingerprint density at radius 1 is 1.54 bits per heavy atom. The maximum Gasteiger partial charge on any atom is 0.224 e. The van der Waals surface area contributed by atoms with Crippen LogP contribution < -0.4 is 4.90 Å². The summed E-state index contributed by atoms with van der Waals surface area (Å²) in [5.74, 6) is 0.731. The van der Waals surface area contributed by atoms with Crippen LogP contribution in [0.2, 0.25) is 0 Å². The molecule has 0 N–H and O–H groups in total. The zero-order valence-corrected chi connectivity index (χ0v) is 8.91. The molecule has 0 saturated heterocycles. The molecule has 1 heterocycles. The van der Waals surface area contributed by atoms with Crippen molar-refractivity contribution in [2.24, 2.45) is 0 Å². The molecule has 0 fully saturated rings. The molecule has 1 aromatic rings. The number of anilines is 1. The summed E-state index contributed by atoms with van der Waals surface area (Å²) in [6.45, 7) is 1.96. The normalized spacial score (nSPS) is 12.6. The summed E-state index contributed by atoms with van der Waals surface area (Å²) >= 11 is 5.87. The molecule has 0 amide bonds. The maximum atomic E-state index is 5.87. The first kappa shape index (κ1) is 10.3. The lowest BCUT2D eigenvalue weighted by Crippen LogP contribution is -2.14. The van der Waals surface area contributed by atoms with Crippen LogP contribution in [0, 0.1) is 0 Å². The molecular formula is C9H14ClN3. The van der Waals surface area contributed by atoms with Crippen molar-refractivity contribution in [1.29, 1.82) is 0 Å². The molecule has 0 saturated carbocycles. The van der Waals surface area contributed by atoms with Gasteiger partial charge in [0.15, 0.2) is 0 Å². The number of aromatic nitrogens is 2. The Hall–Kier alpha value is -0.830. The molecule has 0 aliphatic carbocycles. The predicted octanol–water partition coefficient (Wildman–Crippen LogP) is 1.71. The summed E-state index contributed by atoms with van der Waals surface area (Å²) in [6.07, 6.45) is 2.54. The van der Waals surface area contributed by atoms with Gasteiger partial charge in [-0.15, -0.1) is 11.6 Å². The van der Waals surface area contributed by atoms with Crippen LogP contribution in [0.5, 0.6) is 0 Å². The van der Waals surface area contributed by atoms with E-state index in [1.165, 1.54) is 0 Å². The first-order valence-electron chi connectivity index (χ1n) is 4.23. The molecule has 13 heavy (non-hydrogen) atoms. The fourth-order valence-electron chi connectivity index (χ4n) is 1.00. The first-order chi connectivity index (χ1) is 6.09. The molecular weight excluding hydrogens is 186 g/mol. The number of halogens is 1. The second kappa shape index (κ2) is 4.42. The zero-order valence-electron chi connectivity index (χ0n) is 8.16. The molecule has 0 spiro atoms. The molecule has 0 bridgehead atoms. The molecule has 0 radical (unpaired) electrons. The Bertz CT molecular complexity index is 273. The second-order valence-electron chi connectivity index (χ2n) is 3.23. The van der Waals surface area contributed by atoms with E-state index in [-0.39, 0.29) is 5.38 Å². The highest BCUT2D eigenvalue weighted by molar-refractivity contribution is 6.20. The smallest absolute Gasteiger partial charge is 0.224 e. The third-order valence-electron chi connectivity index (χ3n) is 1.59. The van der Waals surface area contributed by atoms with E-state index in [1.807, 2.05) is 32.0 Å². The summed E-state index contributed by atoms with van der Waals surface area (Å²) in [6, 6.07) is 1.89. The molecule has 1 rings (SSSR count). The highest BCUT2D eigenvalue weighted by atomic mass is 35.5. The van der Waals surface area contributed by atoms with E-state index < -0.39 is 0 Å². The van der Waals surface area contributed by atoms with Gasteiger partial charge in [0.1, 0.15) is 0 Å². The third kappa shape index (κ3) is 3.19. The number of nitrogens with zero attached hydrogens (tertiary/aromatic N) is 3. The summed E-state index contributed by atoms with van der Waals surface area (Å²) in [5, 5.41) is 0.116. The SMILES string of the molecule is CC(Cl)Cc1ccnc(N(C)C)n1. The van der Waals surface area contributed by atoms with Gasteiger partial charge in [-0.1, -0.05) is 0 Å². The van der Waals surface area contributed by atoms with Gasteiger partial charge in [-0.25, -0.2) is 9.97 Å². The van der Waals surface area contributed by atoms with Crippen molar-refractivity contribution in [3.63, 3.8) is 0 Å². The summed E-state index contributed by atoms with van der Waals surface area (Å²) in [7, 11) is 3.84. The standard InChI is InChI=1S/C9H14ClN3/c1-7(10)6-8-4-5-11-9(12-8)13(2)3/h4-5,7H,6H2,1-3H3. The number of hydrogen-bond donors (Lipinski definition) is 0. The van der Waals surface area contributed by atoms with E-state index in [1.54, 1.807) is 6.20 Å². The largest absolute Gasteiger partial charge is 0.347 e. The van der Waals surface area contributed by atoms with Crippen LogP contribution in [0.25, 0.3) is 0 Å². The number of rotatable bonds is 3. The molecule has 72 valence electrons. The van der Waals surface area contributed by atoms with Crippen molar-refractivity contribution in [2.75, 3.05) is 19.0 Å². The van der Waals surface area contributed by atoms with Crippen LogP contribution in [-0.4, -0.2) is 29.4 Å². The lowest BCUT2D eigenvalue weighted by Gasteiger charge is -2.10. The topological polar surface area (TPSA) is 29.0 Å². The van der Waals surface area contributed by atoms with E-state index in [4.69, 9.17) is 11.6 Å². The molecule has 4 heteroatoms. The minimum atomic E-state index is 0.116. The predicted molar refractivity (Wildman–Crippen MR) is 55.4 cm³/mol. The Morgan fingerprint density at radius 3 is 2.77 bits per heavy atom. The van der Waals surface area contributed by atoms with E-state index in [9.17, 15) is 0 Å². The van der Waals surface area contributed by atoms with Crippen molar-refractivity contribution in [2.45, 2.75) is 18.7 Å². The van der Waals surface area contributed by atoms with Crippen molar-refractivity contribution in [3.8, 4) is 0 Å². The van der Waals surface area contributed by atoms with Crippen LogP contribution >= 0.6 is 11.6 Å². The number of hydrogen-bond acceptors (Lipinski definition) is 3. The minimum absolute atomic E-state index is 0.116. The minimum Gasteiger partial charge on any atom is -0.347 e. The van der Waals surface area contributed by atoms with Gasteiger partial charge in [-0.3, -0.25) is 0 Å². The van der Waals surface area contributed by atoms with Gasteiger partial charge < -0.3 is 4.90 Å². The van der Waals surface area contributed by atoms with Crippen LogP contribution in [0.1, 0.15) is 12.6 Å². The summed E-state index contributed by atoms with van der Waals surface area (Å²) in [4.78, 5) is 10.3. The number of alkyl halides is 1. The molecule has 0 aromatic carbocycles. The average Bonchev–Trinajstić information content (AvgIpc) is 2.03. The van der Waals surface area contributed by atoms with Gasteiger partial charge in [-0.2, -0.15) is 0 Å². The molecule has 3 nitrogen and oxygen atoms in total. The van der Waals surface area contributed by atoms with Gasteiger partial charge in [0.05, 0.1) is 0 Å². The van der Waals surface area contributed by atoms with Gasteiger partial charge >= 0.3 is 0 Å². The zero-order chi connectivity index (χ0) is 9.84. The van der Waals surface area contributed by atoms with Crippen molar-refractivity contribution in [3.05, 3.63) is 18.0 Å². The molecule has 0 aliphatic heterocycles. The van der Waals surface area contributed by atoms with E-state index in [0.29, 0.717) is 0 Å². The Kier molecular flexibility index (Phi) is 3.48. The van der Waals surface area contributed by atoms with Crippen molar-refractivity contribution >= 4 is 17.5 Å². The van der Waals surface area contributed by atoms with Crippen LogP contribution in [0.15, 0.2) is 12.3 Å².